The van der Waals surface area contributed by atoms with E-state index >= 15 is 0 Å². The number of ether oxygens (including phenoxy) is 2. The number of fused-ring (bicyclic) bond motifs is 1. The number of amides is 2. The highest BCUT2D eigenvalue weighted by Gasteiger charge is 2.81. The summed E-state index contributed by atoms with van der Waals surface area (Å²) >= 11 is 0. The van der Waals surface area contributed by atoms with Gasteiger partial charge in [0.2, 0.25) is 5.91 Å². The average Bonchev–Trinajstić information content (AvgIpc) is 3.44. The molecule has 2 bridgehead atoms. The molecule has 8 heteroatoms. The molecule has 230 valence electrons. The average molecular weight is 581 g/mol. The van der Waals surface area contributed by atoms with Gasteiger partial charge in [0.05, 0.1) is 30.8 Å². The fourth-order valence-corrected chi connectivity index (χ4v) is 7.74. The van der Waals surface area contributed by atoms with E-state index in [1.807, 2.05) is 65.8 Å². The Labute approximate surface area is 250 Å². The van der Waals surface area contributed by atoms with Crippen molar-refractivity contribution in [1.29, 1.82) is 0 Å². The van der Waals surface area contributed by atoms with Crippen LogP contribution < -0.4 is 4.90 Å². The van der Waals surface area contributed by atoms with Gasteiger partial charge in [-0.15, -0.1) is 13.2 Å². The van der Waals surface area contributed by atoms with E-state index in [1.54, 1.807) is 15.9 Å². The van der Waals surface area contributed by atoms with Crippen LogP contribution in [0.4, 0.5) is 5.69 Å². The maximum absolute atomic E-state index is 14.9. The van der Waals surface area contributed by atoms with Crippen molar-refractivity contribution in [2.24, 2.45) is 23.7 Å². The highest BCUT2D eigenvalue weighted by atomic mass is 16.6. The van der Waals surface area contributed by atoms with Crippen LogP contribution in [0.5, 0.6) is 0 Å². The maximum Gasteiger partial charge on any atom is 0.312 e. The van der Waals surface area contributed by atoms with Crippen molar-refractivity contribution in [2.45, 2.75) is 90.5 Å². The molecule has 42 heavy (non-hydrogen) atoms. The molecule has 3 unspecified atom stereocenters. The molecule has 1 spiro atoms. The number of benzene rings is 1. The van der Waals surface area contributed by atoms with Crippen LogP contribution in [0.15, 0.2) is 43.5 Å². The lowest BCUT2D eigenvalue weighted by Gasteiger charge is -2.41. The van der Waals surface area contributed by atoms with Crippen LogP contribution >= 0.6 is 0 Å². The number of hydrogen-bond donors (Lipinski definition) is 1. The second-order valence-corrected chi connectivity index (χ2v) is 12.9. The second kappa shape index (κ2) is 12.3. The predicted molar refractivity (Wildman–Crippen MR) is 163 cm³/mol. The predicted octanol–water partition coefficient (Wildman–Crippen LogP) is 4.75. The Balaban J connectivity index is 1.82. The Morgan fingerprint density at radius 1 is 1.21 bits per heavy atom. The number of likely N-dealkylation sites (tertiary alicyclic amines) is 1. The summed E-state index contributed by atoms with van der Waals surface area (Å²) in [4.78, 5) is 46.5. The number of carbonyl (C=O) groups is 3. The zero-order chi connectivity index (χ0) is 31.0. The van der Waals surface area contributed by atoms with Gasteiger partial charge in [0.15, 0.2) is 0 Å². The summed E-state index contributed by atoms with van der Waals surface area (Å²) in [7, 11) is 0. The molecule has 4 rings (SSSR count). The molecule has 3 aliphatic heterocycles. The maximum atomic E-state index is 14.9. The molecular weight excluding hydrogens is 532 g/mol. The lowest BCUT2D eigenvalue weighted by atomic mass is 9.62. The van der Waals surface area contributed by atoms with Gasteiger partial charge in [-0.25, -0.2) is 0 Å². The molecule has 1 aromatic carbocycles. The number of carbonyl (C=O) groups excluding carboxylic acids is 3. The molecule has 3 fully saturated rings. The third kappa shape index (κ3) is 5.00. The Hall–Kier alpha value is -2.97. The van der Waals surface area contributed by atoms with Gasteiger partial charge in [-0.1, -0.05) is 51.1 Å². The fraction of sp³-hybridized carbons (Fsp3) is 0.618. The first kappa shape index (κ1) is 32.0. The summed E-state index contributed by atoms with van der Waals surface area (Å²) in [5.74, 6) is -3.06. The number of hydrogen-bond acceptors (Lipinski definition) is 6. The van der Waals surface area contributed by atoms with Crippen LogP contribution in [0, 0.1) is 37.5 Å². The number of rotatable bonds is 13. The minimum atomic E-state index is -1.23. The summed E-state index contributed by atoms with van der Waals surface area (Å²) in [6, 6.07) is 4.20. The number of unbranched alkanes of at least 4 members (excludes halogenated alkanes) is 2. The summed E-state index contributed by atoms with van der Waals surface area (Å²) in [5, 5.41) is 10.5. The van der Waals surface area contributed by atoms with Crippen molar-refractivity contribution in [3.8, 4) is 0 Å². The van der Waals surface area contributed by atoms with Gasteiger partial charge in [0.25, 0.3) is 5.91 Å². The monoisotopic (exact) mass is 580 g/mol. The molecular formula is C34H48N2O6. The Kier molecular flexibility index (Phi) is 9.38. The largest absolute Gasteiger partial charge is 0.465 e. The lowest BCUT2D eigenvalue weighted by molar-refractivity contribution is -0.163. The molecule has 3 heterocycles. The van der Waals surface area contributed by atoms with Crippen LogP contribution in [-0.2, 0) is 23.9 Å². The fourth-order valence-electron chi connectivity index (χ4n) is 7.74. The van der Waals surface area contributed by atoms with Gasteiger partial charge in [-0.05, 0) is 69.4 Å². The molecule has 8 nitrogen and oxygen atoms in total. The number of aliphatic hydroxyl groups excluding tert-OH is 1. The van der Waals surface area contributed by atoms with Crippen molar-refractivity contribution in [1.82, 2.24) is 4.90 Å². The first-order chi connectivity index (χ1) is 19.9. The number of nitrogens with zero attached hydrogens (tertiary/aromatic N) is 2. The van der Waals surface area contributed by atoms with Crippen LogP contribution in [-0.4, -0.2) is 70.8 Å². The summed E-state index contributed by atoms with van der Waals surface area (Å²) in [5.41, 5.74) is 0.423. The second-order valence-electron chi connectivity index (χ2n) is 12.9. The van der Waals surface area contributed by atoms with E-state index in [0.717, 1.165) is 29.7 Å². The minimum absolute atomic E-state index is 0.102. The molecule has 3 saturated heterocycles. The smallest absolute Gasteiger partial charge is 0.312 e. The van der Waals surface area contributed by atoms with Gasteiger partial charge in [0, 0.05) is 12.2 Å². The number of anilines is 1. The van der Waals surface area contributed by atoms with E-state index in [4.69, 9.17) is 9.47 Å². The van der Waals surface area contributed by atoms with Crippen molar-refractivity contribution in [3.63, 3.8) is 0 Å². The minimum Gasteiger partial charge on any atom is -0.465 e. The molecule has 3 aliphatic rings. The summed E-state index contributed by atoms with van der Waals surface area (Å²) in [6.07, 6.45) is 6.34. The lowest BCUT2D eigenvalue weighted by Crippen LogP contribution is -2.60. The van der Waals surface area contributed by atoms with Gasteiger partial charge < -0.3 is 24.4 Å². The number of aliphatic hydroxyl groups is 1. The molecule has 0 radical (unpaired) electrons. The molecule has 0 saturated carbocycles. The summed E-state index contributed by atoms with van der Waals surface area (Å²) < 4.78 is 12.6. The quantitative estimate of drug-likeness (QED) is 0.206. The van der Waals surface area contributed by atoms with Crippen molar-refractivity contribution in [2.75, 3.05) is 24.7 Å². The van der Waals surface area contributed by atoms with Crippen molar-refractivity contribution in [3.05, 3.63) is 54.6 Å². The van der Waals surface area contributed by atoms with Crippen LogP contribution in [0.1, 0.15) is 64.5 Å². The highest BCUT2D eigenvalue weighted by Crippen LogP contribution is 2.66. The molecule has 7 atom stereocenters. The van der Waals surface area contributed by atoms with Gasteiger partial charge in [0.1, 0.15) is 17.6 Å². The van der Waals surface area contributed by atoms with Crippen molar-refractivity contribution < 1.29 is 29.0 Å². The van der Waals surface area contributed by atoms with Gasteiger partial charge in [-0.2, -0.15) is 0 Å². The zero-order valence-electron chi connectivity index (χ0n) is 26.1. The molecule has 1 N–H and O–H groups in total. The number of aryl methyl sites for hydroxylation is 2. The standard InChI is InChI=1S/C34H48N2O6/c1-9-11-12-13-18-41-32(40)27-26-30(38)36(25(20-37)21(3)4)29(34(26)19-24(7)33(27,8)42-34)31(39)35(17-10-2)28-22(5)15-14-16-23(28)6/h9-10,14-16,21,24-27,29,37H,1-2,11-13,17-20H2,3-8H3/t24?,25-,26-,27+,29?,33-,34?/m0/s1. The third-order valence-electron chi connectivity index (χ3n) is 9.89. The van der Waals surface area contributed by atoms with E-state index in [-0.39, 0.29) is 43.4 Å². The number of allylic oxidation sites excluding steroid dienone is 1. The third-order valence-corrected chi connectivity index (χ3v) is 9.89. The summed E-state index contributed by atoms with van der Waals surface area (Å²) in [6.45, 7) is 19.5. The van der Waals surface area contributed by atoms with E-state index in [2.05, 4.69) is 13.2 Å². The Morgan fingerprint density at radius 2 is 1.88 bits per heavy atom. The molecule has 0 aromatic heterocycles. The Bertz CT molecular complexity index is 1210. The zero-order valence-corrected chi connectivity index (χ0v) is 26.1. The molecule has 2 amide bonds. The van der Waals surface area contributed by atoms with Gasteiger partial charge >= 0.3 is 5.97 Å². The van der Waals surface area contributed by atoms with Crippen molar-refractivity contribution >= 4 is 23.5 Å². The first-order valence-corrected chi connectivity index (χ1v) is 15.3. The highest BCUT2D eigenvalue weighted by molar-refractivity contribution is 6.05. The van der Waals surface area contributed by atoms with Gasteiger partial charge in [-0.3, -0.25) is 14.4 Å². The molecule has 1 aromatic rings. The van der Waals surface area contributed by atoms with Crippen LogP contribution in [0.25, 0.3) is 0 Å². The van der Waals surface area contributed by atoms with E-state index in [1.165, 1.54) is 0 Å². The number of esters is 1. The number of para-hydroxylation sites is 1. The van der Waals surface area contributed by atoms with E-state index in [0.29, 0.717) is 12.8 Å². The topological polar surface area (TPSA) is 96.4 Å². The molecule has 0 aliphatic carbocycles. The van der Waals surface area contributed by atoms with E-state index < -0.39 is 41.1 Å². The van der Waals surface area contributed by atoms with E-state index in [9.17, 15) is 19.5 Å². The SMILES string of the molecule is C=CCCCCOC(=O)[C@H]1[C@H]2C(=O)N([C@@H](CO)C(C)C)C(C(=O)N(CC=C)c3c(C)cccc3C)C23CC(C)[C@]1(C)O3. The first-order valence-electron chi connectivity index (χ1n) is 15.3. The Morgan fingerprint density at radius 3 is 2.45 bits per heavy atom. The normalized spacial score (nSPS) is 30.4. The van der Waals surface area contributed by atoms with Crippen LogP contribution in [0.2, 0.25) is 0 Å². The van der Waals surface area contributed by atoms with Crippen LogP contribution in [0.3, 0.4) is 0 Å².